The highest BCUT2D eigenvalue weighted by atomic mass is 28.3. The molecule has 0 amide bonds. The van der Waals surface area contributed by atoms with Gasteiger partial charge in [-0.2, -0.15) is 0 Å². The van der Waals surface area contributed by atoms with Crippen LogP contribution in [-0.4, -0.2) is 8.80 Å². The molecule has 0 saturated heterocycles. The molecule has 0 aliphatic heterocycles. The van der Waals surface area contributed by atoms with Crippen LogP contribution in [0, 0.1) is 5.92 Å². The molecule has 1 rings (SSSR count). The predicted octanol–water partition coefficient (Wildman–Crippen LogP) is 3.15. The lowest BCUT2D eigenvalue weighted by molar-refractivity contribution is 0.529. The lowest BCUT2D eigenvalue weighted by Gasteiger charge is -2.09. The van der Waals surface area contributed by atoms with Crippen molar-refractivity contribution in [2.75, 3.05) is 0 Å². The van der Waals surface area contributed by atoms with Gasteiger partial charge in [0.25, 0.3) is 0 Å². The molecule has 0 N–H and O–H groups in total. The second-order valence-electron chi connectivity index (χ2n) is 3.94. The highest BCUT2D eigenvalue weighted by Gasteiger charge is 2.14. The van der Waals surface area contributed by atoms with Gasteiger partial charge in [0.1, 0.15) is 0 Å². The van der Waals surface area contributed by atoms with Crippen molar-refractivity contribution in [2.24, 2.45) is 5.92 Å². The molecule has 1 unspecified atom stereocenters. The lowest BCUT2D eigenvalue weighted by Crippen LogP contribution is -2.04. The monoisotopic (exact) mass is 168 g/mol. The Balaban J connectivity index is 2.06. The van der Waals surface area contributed by atoms with Crippen LogP contribution in [-0.2, 0) is 0 Å². The molecule has 1 atom stereocenters. The van der Waals surface area contributed by atoms with Crippen LogP contribution in [0.4, 0.5) is 0 Å². The Labute approximate surface area is 72.3 Å². The standard InChI is InChI=1S/C10H20Si/c1-3-11(2)9-8-10-6-4-5-7-10/h3,10-11H,1,4-9H2,2H3. The highest BCUT2D eigenvalue weighted by Crippen LogP contribution is 2.29. The second-order valence-corrected chi connectivity index (χ2v) is 6.94. The van der Waals surface area contributed by atoms with Crippen LogP contribution in [0.25, 0.3) is 0 Å². The normalized spacial score (nSPS) is 21.9. The second kappa shape index (κ2) is 4.76. The van der Waals surface area contributed by atoms with Crippen molar-refractivity contribution in [2.45, 2.75) is 44.7 Å². The Hall–Kier alpha value is -0.0431. The molecule has 0 spiro atoms. The Bertz CT molecular complexity index is 114. The van der Waals surface area contributed by atoms with E-state index in [4.69, 9.17) is 0 Å². The largest absolute Gasteiger partial charge is 0.107 e. The van der Waals surface area contributed by atoms with Gasteiger partial charge in [-0.15, -0.1) is 12.3 Å². The van der Waals surface area contributed by atoms with Gasteiger partial charge >= 0.3 is 0 Å². The summed E-state index contributed by atoms with van der Waals surface area (Å²) in [6.45, 7) is 6.27. The van der Waals surface area contributed by atoms with Gasteiger partial charge in [0.2, 0.25) is 0 Å². The Morgan fingerprint density at radius 2 is 2.09 bits per heavy atom. The molecule has 0 aromatic heterocycles. The van der Waals surface area contributed by atoms with Gasteiger partial charge in [-0.1, -0.05) is 44.7 Å². The Kier molecular flexibility index (Phi) is 3.91. The molecule has 1 saturated carbocycles. The van der Waals surface area contributed by atoms with E-state index in [1.54, 1.807) is 0 Å². The average Bonchev–Trinajstić information content (AvgIpc) is 2.52. The zero-order valence-corrected chi connectivity index (χ0v) is 8.84. The molecule has 1 aliphatic rings. The minimum atomic E-state index is -0.474. The van der Waals surface area contributed by atoms with Crippen LogP contribution in [0.15, 0.2) is 12.3 Å². The first kappa shape index (κ1) is 9.05. The van der Waals surface area contributed by atoms with Crippen molar-refractivity contribution < 1.29 is 0 Å². The van der Waals surface area contributed by atoms with Crippen molar-refractivity contribution in [3.8, 4) is 0 Å². The van der Waals surface area contributed by atoms with E-state index < -0.39 is 8.80 Å². The molecule has 1 aliphatic carbocycles. The van der Waals surface area contributed by atoms with Gasteiger partial charge in [-0.3, -0.25) is 0 Å². The Morgan fingerprint density at radius 1 is 1.45 bits per heavy atom. The summed E-state index contributed by atoms with van der Waals surface area (Å²) in [5.74, 6) is 1.09. The average molecular weight is 168 g/mol. The van der Waals surface area contributed by atoms with E-state index in [0.29, 0.717) is 0 Å². The summed E-state index contributed by atoms with van der Waals surface area (Å²) in [4.78, 5) is 0. The van der Waals surface area contributed by atoms with E-state index in [-0.39, 0.29) is 0 Å². The fourth-order valence-corrected chi connectivity index (χ4v) is 3.15. The summed E-state index contributed by atoms with van der Waals surface area (Å²) < 4.78 is 0. The predicted molar refractivity (Wildman–Crippen MR) is 54.6 cm³/mol. The van der Waals surface area contributed by atoms with Crippen molar-refractivity contribution >= 4 is 8.80 Å². The zero-order chi connectivity index (χ0) is 8.10. The first-order valence-electron chi connectivity index (χ1n) is 4.95. The molecule has 0 bridgehead atoms. The highest BCUT2D eigenvalue weighted by molar-refractivity contribution is 6.62. The van der Waals surface area contributed by atoms with Gasteiger partial charge in [-0.05, 0) is 5.92 Å². The maximum atomic E-state index is 3.87. The summed E-state index contributed by atoms with van der Waals surface area (Å²) in [6, 6.07) is 1.49. The van der Waals surface area contributed by atoms with Crippen molar-refractivity contribution in [1.82, 2.24) is 0 Å². The van der Waals surface area contributed by atoms with Gasteiger partial charge in [-0.25, -0.2) is 0 Å². The zero-order valence-electron chi connectivity index (χ0n) is 7.68. The van der Waals surface area contributed by atoms with Crippen LogP contribution < -0.4 is 0 Å². The third-order valence-corrected chi connectivity index (χ3v) is 4.96. The molecule has 0 radical (unpaired) electrons. The molecule has 0 nitrogen and oxygen atoms in total. The fraction of sp³-hybridized carbons (Fsp3) is 0.800. The minimum Gasteiger partial charge on any atom is -0.107 e. The van der Waals surface area contributed by atoms with Gasteiger partial charge in [0.15, 0.2) is 0 Å². The van der Waals surface area contributed by atoms with Gasteiger partial charge in [0, 0.05) is 0 Å². The molecule has 11 heavy (non-hydrogen) atoms. The quantitative estimate of drug-likeness (QED) is 0.566. The number of hydrogen-bond donors (Lipinski definition) is 0. The van der Waals surface area contributed by atoms with Crippen molar-refractivity contribution in [3.05, 3.63) is 12.3 Å². The smallest absolute Gasteiger partial charge is 0.0577 e. The van der Waals surface area contributed by atoms with E-state index in [0.717, 1.165) is 5.92 Å². The number of hydrogen-bond acceptors (Lipinski definition) is 0. The minimum absolute atomic E-state index is 0.474. The van der Waals surface area contributed by atoms with Crippen molar-refractivity contribution in [1.29, 1.82) is 0 Å². The molecule has 1 fully saturated rings. The molecular formula is C10H20Si. The molecular weight excluding hydrogens is 148 g/mol. The summed E-state index contributed by atoms with van der Waals surface area (Å²) >= 11 is 0. The van der Waals surface area contributed by atoms with Crippen LogP contribution in [0.2, 0.25) is 12.6 Å². The Morgan fingerprint density at radius 3 is 2.64 bits per heavy atom. The SMILES string of the molecule is C=C[SiH](C)CCC1CCCC1. The van der Waals surface area contributed by atoms with Crippen LogP contribution in [0.1, 0.15) is 32.1 Å². The first-order chi connectivity index (χ1) is 5.33. The van der Waals surface area contributed by atoms with Crippen LogP contribution >= 0.6 is 0 Å². The molecule has 64 valence electrons. The fourth-order valence-electron chi connectivity index (χ4n) is 1.92. The van der Waals surface area contributed by atoms with E-state index in [2.05, 4.69) is 18.8 Å². The topological polar surface area (TPSA) is 0 Å². The van der Waals surface area contributed by atoms with Crippen LogP contribution in [0.5, 0.6) is 0 Å². The van der Waals surface area contributed by atoms with E-state index in [1.165, 1.54) is 38.1 Å². The number of rotatable bonds is 4. The molecule has 1 heteroatoms. The summed E-state index contributed by atoms with van der Waals surface area (Å²) in [5.41, 5.74) is 2.22. The summed E-state index contributed by atoms with van der Waals surface area (Å²) in [6.07, 6.45) is 7.51. The van der Waals surface area contributed by atoms with Gasteiger partial charge in [0.05, 0.1) is 8.80 Å². The maximum absolute atomic E-state index is 3.87. The maximum Gasteiger partial charge on any atom is 0.0577 e. The summed E-state index contributed by atoms with van der Waals surface area (Å²) in [7, 11) is -0.474. The lowest BCUT2D eigenvalue weighted by atomic mass is 10.1. The van der Waals surface area contributed by atoms with Crippen molar-refractivity contribution in [3.63, 3.8) is 0 Å². The van der Waals surface area contributed by atoms with Gasteiger partial charge < -0.3 is 0 Å². The molecule has 0 heterocycles. The first-order valence-corrected chi connectivity index (χ1v) is 7.59. The molecule has 0 aromatic rings. The third kappa shape index (κ3) is 3.24. The summed E-state index contributed by atoms with van der Waals surface area (Å²) in [5, 5.41) is 0. The third-order valence-electron chi connectivity index (χ3n) is 2.91. The van der Waals surface area contributed by atoms with E-state index in [1.807, 2.05) is 0 Å². The van der Waals surface area contributed by atoms with Crippen LogP contribution in [0.3, 0.4) is 0 Å². The molecule has 0 aromatic carbocycles. The van der Waals surface area contributed by atoms with E-state index >= 15 is 0 Å². The van der Waals surface area contributed by atoms with E-state index in [9.17, 15) is 0 Å².